The van der Waals surface area contributed by atoms with E-state index >= 15 is 0 Å². The second-order valence-corrected chi connectivity index (χ2v) is 7.85. The number of aromatic nitrogens is 2. The van der Waals surface area contributed by atoms with Crippen molar-refractivity contribution in [2.24, 2.45) is 0 Å². The number of ether oxygens (including phenoxy) is 1. The van der Waals surface area contributed by atoms with E-state index in [-0.39, 0.29) is 17.2 Å². The lowest BCUT2D eigenvalue weighted by atomic mass is 10.3. The zero-order valence-corrected chi connectivity index (χ0v) is 17.1. The highest BCUT2D eigenvalue weighted by molar-refractivity contribution is 7.99. The molecule has 0 aliphatic rings. The van der Waals surface area contributed by atoms with Gasteiger partial charge in [0.25, 0.3) is 5.56 Å². The van der Waals surface area contributed by atoms with Crippen LogP contribution < -0.4 is 15.6 Å². The van der Waals surface area contributed by atoms with Crippen molar-refractivity contribution in [1.82, 2.24) is 14.9 Å². The van der Waals surface area contributed by atoms with Crippen molar-refractivity contribution in [1.29, 1.82) is 0 Å². The van der Waals surface area contributed by atoms with Gasteiger partial charge < -0.3 is 14.5 Å². The molecule has 3 heterocycles. The lowest BCUT2D eigenvalue weighted by Gasteiger charge is -2.14. The summed E-state index contributed by atoms with van der Waals surface area (Å²) in [7, 11) is 1.55. The van der Waals surface area contributed by atoms with Gasteiger partial charge in [0.1, 0.15) is 16.2 Å². The van der Waals surface area contributed by atoms with Crippen LogP contribution in [0.3, 0.4) is 0 Å². The summed E-state index contributed by atoms with van der Waals surface area (Å²) in [5.74, 6) is 1.15. The third kappa shape index (κ3) is 4.06. The second-order valence-electron chi connectivity index (χ2n) is 5.99. The van der Waals surface area contributed by atoms with Crippen molar-refractivity contribution in [3.63, 3.8) is 0 Å². The average Bonchev–Trinajstić information content (AvgIpc) is 3.43. The lowest BCUT2D eigenvalue weighted by molar-refractivity contribution is -0.118. The zero-order valence-electron chi connectivity index (χ0n) is 15.5. The third-order valence-electron chi connectivity index (χ3n) is 4.15. The molecule has 148 valence electrons. The number of nitrogens with zero attached hydrogens (tertiary/aromatic N) is 2. The number of methoxy groups -OCH3 is 1. The summed E-state index contributed by atoms with van der Waals surface area (Å²) in [5, 5.41) is 5.05. The number of hydrogen-bond donors (Lipinski definition) is 1. The first-order valence-electron chi connectivity index (χ1n) is 8.73. The number of hydrogen-bond acceptors (Lipinski definition) is 7. The van der Waals surface area contributed by atoms with Crippen LogP contribution in [0.4, 0.5) is 0 Å². The molecule has 1 N–H and O–H groups in total. The van der Waals surface area contributed by atoms with Gasteiger partial charge in [0, 0.05) is 0 Å². The fourth-order valence-corrected chi connectivity index (χ4v) is 4.39. The Morgan fingerprint density at radius 2 is 2.14 bits per heavy atom. The minimum absolute atomic E-state index is 0.109. The molecule has 1 aromatic carbocycles. The molecular weight excluding hydrogens is 410 g/mol. The molecule has 3 aromatic heterocycles. The zero-order chi connectivity index (χ0) is 20.2. The Morgan fingerprint density at radius 1 is 1.28 bits per heavy atom. The van der Waals surface area contributed by atoms with E-state index in [1.54, 1.807) is 43.7 Å². The number of thioether (sulfide) groups is 1. The van der Waals surface area contributed by atoms with Crippen molar-refractivity contribution in [3.8, 4) is 11.4 Å². The predicted molar refractivity (Wildman–Crippen MR) is 113 cm³/mol. The molecule has 0 saturated carbocycles. The minimum Gasteiger partial charge on any atom is -0.495 e. The molecule has 0 bridgehead atoms. The van der Waals surface area contributed by atoms with Gasteiger partial charge in [-0.05, 0) is 35.7 Å². The van der Waals surface area contributed by atoms with Crippen LogP contribution in [0.5, 0.6) is 5.75 Å². The van der Waals surface area contributed by atoms with Gasteiger partial charge >= 0.3 is 0 Å². The van der Waals surface area contributed by atoms with Crippen molar-refractivity contribution in [2.75, 3.05) is 12.9 Å². The fourth-order valence-electron chi connectivity index (χ4n) is 2.80. The molecule has 0 spiro atoms. The molecule has 4 rings (SSSR count). The Kier molecular flexibility index (Phi) is 5.68. The molecule has 9 heteroatoms. The Bertz CT molecular complexity index is 1200. The molecule has 0 aliphatic heterocycles. The Balaban J connectivity index is 1.64. The summed E-state index contributed by atoms with van der Waals surface area (Å²) < 4.78 is 12.7. The van der Waals surface area contributed by atoms with Gasteiger partial charge in [-0.25, -0.2) is 4.98 Å². The molecular formula is C20H17N3O4S2. The highest BCUT2D eigenvalue weighted by Gasteiger charge is 2.18. The van der Waals surface area contributed by atoms with E-state index in [4.69, 9.17) is 9.15 Å². The largest absolute Gasteiger partial charge is 0.495 e. The third-order valence-corrected chi connectivity index (χ3v) is 5.98. The summed E-state index contributed by atoms with van der Waals surface area (Å²) in [4.78, 5) is 30.0. The number of carbonyl (C=O) groups excluding carboxylic acids is 1. The van der Waals surface area contributed by atoms with Crippen LogP contribution in [0.25, 0.3) is 15.9 Å². The number of para-hydroxylation sites is 2. The minimum atomic E-state index is -0.187. The summed E-state index contributed by atoms with van der Waals surface area (Å²) in [6, 6.07) is 12.6. The van der Waals surface area contributed by atoms with Crippen LogP contribution in [0, 0.1) is 0 Å². The summed E-state index contributed by atoms with van der Waals surface area (Å²) in [6.45, 7) is 0.308. The SMILES string of the molecule is COc1ccccc1-n1c(SCC(=O)NCc2ccco2)nc2ccsc2c1=O. The van der Waals surface area contributed by atoms with Crippen molar-refractivity contribution in [3.05, 3.63) is 70.2 Å². The maximum absolute atomic E-state index is 13.2. The van der Waals surface area contributed by atoms with Crippen LogP contribution in [-0.4, -0.2) is 28.3 Å². The van der Waals surface area contributed by atoms with Crippen LogP contribution in [-0.2, 0) is 11.3 Å². The smallest absolute Gasteiger partial charge is 0.276 e. The van der Waals surface area contributed by atoms with Crippen LogP contribution in [0.1, 0.15) is 5.76 Å². The molecule has 0 atom stereocenters. The first-order valence-corrected chi connectivity index (χ1v) is 10.6. The molecule has 0 fully saturated rings. The van der Waals surface area contributed by atoms with E-state index in [0.717, 1.165) is 0 Å². The Morgan fingerprint density at radius 3 is 2.93 bits per heavy atom. The summed E-state index contributed by atoms with van der Waals surface area (Å²) in [5.41, 5.74) is 1.01. The van der Waals surface area contributed by atoms with Gasteiger partial charge in [-0.3, -0.25) is 14.2 Å². The van der Waals surface area contributed by atoms with E-state index < -0.39 is 0 Å². The first-order chi connectivity index (χ1) is 14.2. The van der Waals surface area contributed by atoms with Gasteiger partial charge in [-0.2, -0.15) is 0 Å². The molecule has 29 heavy (non-hydrogen) atoms. The number of furan rings is 1. The van der Waals surface area contributed by atoms with Gasteiger partial charge in [-0.15, -0.1) is 11.3 Å². The molecule has 0 unspecified atom stereocenters. The lowest BCUT2D eigenvalue weighted by Crippen LogP contribution is -2.26. The van der Waals surface area contributed by atoms with E-state index in [1.165, 1.54) is 27.7 Å². The van der Waals surface area contributed by atoms with E-state index in [1.807, 2.05) is 17.5 Å². The van der Waals surface area contributed by atoms with Crippen LogP contribution in [0.2, 0.25) is 0 Å². The van der Waals surface area contributed by atoms with E-state index in [0.29, 0.717) is 39.1 Å². The van der Waals surface area contributed by atoms with Crippen LogP contribution in [0.15, 0.2) is 68.5 Å². The second kappa shape index (κ2) is 8.54. The molecule has 7 nitrogen and oxygen atoms in total. The molecule has 4 aromatic rings. The highest BCUT2D eigenvalue weighted by Crippen LogP contribution is 2.28. The maximum atomic E-state index is 13.2. The van der Waals surface area contributed by atoms with Crippen molar-refractivity contribution < 1.29 is 13.9 Å². The molecule has 0 radical (unpaired) electrons. The fraction of sp³-hybridized carbons (Fsp3) is 0.150. The topological polar surface area (TPSA) is 86.4 Å². The van der Waals surface area contributed by atoms with E-state index in [2.05, 4.69) is 10.3 Å². The normalized spacial score (nSPS) is 10.9. The Hall–Kier alpha value is -3.04. The number of benzene rings is 1. The number of nitrogens with one attached hydrogen (secondary N) is 1. The number of amides is 1. The molecule has 0 saturated heterocycles. The van der Waals surface area contributed by atoms with Gasteiger partial charge in [0.05, 0.1) is 36.9 Å². The predicted octanol–water partition coefficient (Wildman–Crippen LogP) is 3.46. The first kappa shape index (κ1) is 19.3. The Labute approximate surface area is 174 Å². The quantitative estimate of drug-likeness (QED) is 0.359. The van der Waals surface area contributed by atoms with Crippen molar-refractivity contribution in [2.45, 2.75) is 11.7 Å². The monoisotopic (exact) mass is 427 g/mol. The van der Waals surface area contributed by atoms with Gasteiger partial charge in [-0.1, -0.05) is 23.9 Å². The number of thiophene rings is 1. The maximum Gasteiger partial charge on any atom is 0.276 e. The average molecular weight is 428 g/mol. The number of rotatable bonds is 7. The number of fused-ring (bicyclic) bond motifs is 1. The van der Waals surface area contributed by atoms with Crippen LogP contribution >= 0.6 is 23.1 Å². The summed E-state index contributed by atoms with van der Waals surface area (Å²) >= 11 is 2.54. The van der Waals surface area contributed by atoms with E-state index in [9.17, 15) is 9.59 Å². The van der Waals surface area contributed by atoms with Gasteiger partial charge in [0.2, 0.25) is 5.91 Å². The highest BCUT2D eigenvalue weighted by atomic mass is 32.2. The molecule has 1 amide bonds. The number of carbonyl (C=O) groups is 1. The molecule has 0 aliphatic carbocycles. The van der Waals surface area contributed by atoms with Gasteiger partial charge in [0.15, 0.2) is 5.16 Å². The standard InChI is InChI=1S/C20H17N3O4S2/c1-26-16-7-3-2-6-15(16)23-19(25)18-14(8-10-28-18)22-20(23)29-12-17(24)21-11-13-5-4-9-27-13/h2-10H,11-12H2,1H3,(H,21,24). The summed E-state index contributed by atoms with van der Waals surface area (Å²) in [6.07, 6.45) is 1.56. The van der Waals surface area contributed by atoms with Crippen molar-refractivity contribution >= 4 is 39.2 Å².